The number of phenols is 1. The van der Waals surface area contributed by atoms with Crippen LogP contribution in [0.4, 0.5) is 0 Å². The molecule has 0 saturated heterocycles. The molecule has 0 radical (unpaired) electrons. The number of ether oxygens (including phenoxy) is 1. The van der Waals surface area contributed by atoms with Crippen molar-refractivity contribution in [1.82, 2.24) is 0 Å². The molecule has 3 heteroatoms. The summed E-state index contributed by atoms with van der Waals surface area (Å²) in [6.07, 6.45) is 0.680. The maximum Gasteiger partial charge on any atom is 0.126 e. The largest absolute Gasteiger partial charge is 0.507 e. The Morgan fingerprint density at radius 1 is 1.19 bits per heavy atom. The Hall–Kier alpha value is -1.74. The number of fused-ring (bicyclic) bond motifs is 1. The van der Waals surface area contributed by atoms with E-state index in [1.807, 2.05) is 30.3 Å². The molecule has 0 unspecified atom stereocenters. The van der Waals surface area contributed by atoms with Crippen molar-refractivity contribution in [3.63, 3.8) is 0 Å². The maximum absolute atomic E-state index is 10.1. The predicted molar refractivity (Wildman–Crippen MR) is 64.9 cm³/mol. The van der Waals surface area contributed by atoms with Crippen LogP contribution in [0.25, 0.3) is 10.8 Å². The van der Waals surface area contributed by atoms with Crippen molar-refractivity contribution >= 4 is 10.8 Å². The van der Waals surface area contributed by atoms with Gasteiger partial charge < -0.3 is 15.6 Å². The van der Waals surface area contributed by atoms with Gasteiger partial charge >= 0.3 is 0 Å². The van der Waals surface area contributed by atoms with Crippen LogP contribution in [0.15, 0.2) is 30.3 Å². The number of rotatable bonds is 3. The number of benzene rings is 2. The van der Waals surface area contributed by atoms with Crippen molar-refractivity contribution in [1.29, 1.82) is 0 Å². The molecule has 0 saturated carbocycles. The predicted octanol–water partition coefficient (Wildman–Crippen LogP) is 2.06. The zero-order valence-electron chi connectivity index (χ0n) is 9.23. The van der Waals surface area contributed by atoms with Gasteiger partial charge in [-0.1, -0.05) is 24.3 Å². The summed E-state index contributed by atoms with van der Waals surface area (Å²) in [4.78, 5) is 0. The molecule has 0 fully saturated rings. The second-order valence-electron chi connectivity index (χ2n) is 3.67. The zero-order chi connectivity index (χ0) is 11.5. The average Bonchev–Trinajstić information content (AvgIpc) is 2.32. The molecule has 3 N–H and O–H groups in total. The van der Waals surface area contributed by atoms with Crippen molar-refractivity contribution < 1.29 is 9.84 Å². The molecule has 16 heavy (non-hydrogen) atoms. The molecule has 2 rings (SSSR count). The van der Waals surface area contributed by atoms with E-state index in [4.69, 9.17) is 10.5 Å². The van der Waals surface area contributed by atoms with Crippen molar-refractivity contribution in [2.24, 2.45) is 5.73 Å². The molecule has 0 aliphatic rings. The summed E-state index contributed by atoms with van der Waals surface area (Å²) < 4.78 is 5.25. The highest BCUT2D eigenvalue weighted by Crippen LogP contribution is 2.33. The lowest BCUT2D eigenvalue weighted by molar-refractivity contribution is 0.419. The summed E-state index contributed by atoms with van der Waals surface area (Å²) in [5, 5.41) is 11.8. The van der Waals surface area contributed by atoms with Gasteiger partial charge in [-0.3, -0.25) is 0 Å². The van der Waals surface area contributed by atoms with E-state index >= 15 is 0 Å². The Kier molecular flexibility index (Phi) is 2.97. The second kappa shape index (κ2) is 4.41. The van der Waals surface area contributed by atoms with E-state index in [0.29, 0.717) is 18.7 Å². The summed E-state index contributed by atoms with van der Waals surface area (Å²) in [5.74, 6) is 1.08. The fraction of sp³-hybridized carbons (Fsp3) is 0.231. The molecule has 0 aromatic heterocycles. The molecule has 84 valence electrons. The summed E-state index contributed by atoms with van der Waals surface area (Å²) in [5.41, 5.74) is 6.37. The summed E-state index contributed by atoms with van der Waals surface area (Å²) in [7, 11) is 1.62. The van der Waals surface area contributed by atoms with Gasteiger partial charge in [0.05, 0.1) is 7.11 Å². The highest BCUT2D eigenvalue weighted by atomic mass is 16.5. The number of hydrogen-bond acceptors (Lipinski definition) is 3. The van der Waals surface area contributed by atoms with Crippen LogP contribution >= 0.6 is 0 Å². The van der Waals surface area contributed by atoms with Gasteiger partial charge in [-0.05, 0) is 24.6 Å². The molecule has 0 aliphatic heterocycles. The fourth-order valence-electron chi connectivity index (χ4n) is 1.89. The smallest absolute Gasteiger partial charge is 0.126 e. The van der Waals surface area contributed by atoms with Gasteiger partial charge in [0.2, 0.25) is 0 Å². The van der Waals surface area contributed by atoms with Crippen molar-refractivity contribution in [2.45, 2.75) is 6.42 Å². The number of phenolic OH excluding ortho intramolecular Hbond substituents is 1. The van der Waals surface area contributed by atoms with E-state index in [9.17, 15) is 5.11 Å². The Balaban J connectivity index is 2.66. The number of hydrogen-bond donors (Lipinski definition) is 2. The number of nitrogens with two attached hydrogens (primary N) is 1. The molecule has 0 aliphatic carbocycles. The molecule has 2 aromatic carbocycles. The van der Waals surface area contributed by atoms with Crippen molar-refractivity contribution in [3.05, 3.63) is 35.9 Å². The quantitative estimate of drug-likeness (QED) is 0.827. The Labute approximate surface area is 94.5 Å². The van der Waals surface area contributed by atoms with Gasteiger partial charge in [-0.2, -0.15) is 0 Å². The highest BCUT2D eigenvalue weighted by molar-refractivity contribution is 5.93. The maximum atomic E-state index is 10.1. The first-order chi connectivity index (χ1) is 7.77. The van der Waals surface area contributed by atoms with Gasteiger partial charge in [0, 0.05) is 10.8 Å². The SMILES string of the molecule is COc1cccc2c(O)c(CCN)ccc12. The molecule has 0 spiro atoms. The lowest BCUT2D eigenvalue weighted by atomic mass is 10.0. The first-order valence-electron chi connectivity index (χ1n) is 5.25. The lowest BCUT2D eigenvalue weighted by Gasteiger charge is -2.09. The van der Waals surface area contributed by atoms with E-state index in [1.165, 1.54) is 0 Å². The molecule has 0 heterocycles. The fourth-order valence-corrected chi connectivity index (χ4v) is 1.89. The van der Waals surface area contributed by atoms with Gasteiger partial charge in [0.1, 0.15) is 11.5 Å². The van der Waals surface area contributed by atoms with Crippen LogP contribution in [0.2, 0.25) is 0 Å². The molecule has 0 bridgehead atoms. The molecule has 2 aromatic rings. The first kappa shape index (κ1) is 10.8. The van der Waals surface area contributed by atoms with Crippen LogP contribution in [-0.2, 0) is 6.42 Å². The van der Waals surface area contributed by atoms with Crippen LogP contribution in [0.3, 0.4) is 0 Å². The average molecular weight is 217 g/mol. The van der Waals surface area contributed by atoms with Crippen LogP contribution < -0.4 is 10.5 Å². The molecule has 0 atom stereocenters. The van der Waals surface area contributed by atoms with E-state index in [2.05, 4.69) is 0 Å². The van der Waals surface area contributed by atoms with Crippen LogP contribution in [0.1, 0.15) is 5.56 Å². The minimum absolute atomic E-state index is 0.307. The van der Waals surface area contributed by atoms with Gasteiger partial charge in [0.25, 0.3) is 0 Å². The van der Waals surface area contributed by atoms with Crippen molar-refractivity contribution in [3.8, 4) is 11.5 Å². The zero-order valence-corrected chi connectivity index (χ0v) is 9.23. The van der Waals surface area contributed by atoms with Crippen LogP contribution in [0.5, 0.6) is 11.5 Å². The Morgan fingerprint density at radius 3 is 2.69 bits per heavy atom. The Bertz CT molecular complexity index is 509. The minimum atomic E-state index is 0.307. The van der Waals surface area contributed by atoms with E-state index < -0.39 is 0 Å². The third-order valence-corrected chi connectivity index (χ3v) is 2.71. The third kappa shape index (κ3) is 1.70. The molecular weight excluding hydrogens is 202 g/mol. The minimum Gasteiger partial charge on any atom is -0.507 e. The van der Waals surface area contributed by atoms with Gasteiger partial charge in [0.15, 0.2) is 0 Å². The van der Waals surface area contributed by atoms with E-state index in [1.54, 1.807) is 7.11 Å². The molecule has 3 nitrogen and oxygen atoms in total. The van der Waals surface area contributed by atoms with Gasteiger partial charge in [-0.25, -0.2) is 0 Å². The normalized spacial score (nSPS) is 10.6. The Morgan fingerprint density at radius 2 is 2.00 bits per heavy atom. The van der Waals surface area contributed by atoms with E-state index in [-0.39, 0.29) is 0 Å². The summed E-state index contributed by atoms with van der Waals surface area (Å²) in [6, 6.07) is 9.48. The molecular formula is C13H15NO2. The topological polar surface area (TPSA) is 55.5 Å². The lowest BCUT2D eigenvalue weighted by Crippen LogP contribution is -2.02. The highest BCUT2D eigenvalue weighted by Gasteiger charge is 2.08. The van der Waals surface area contributed by atoms with Crippen molar-refractivity contribution in [2.75, 3.05) is 13.7 Å². The summed E-state index contributed by atoms with van der Waals surface area (Å²) in [6.45, 7) is 0.531. The number of methoxy groups -OCH3 is 1. The standard InChI is InChI=1S/C13H15NO2/c1-16-12-4-2-3-11-10(12)6-5-9(7-8-14)13(11)15/h2-6,15H,7-8,14H2,1H3. The van der Waals surface area contributed by atoms with Crippen LogP contribution in [0, 0.1) is 0 Å². The second-order valence-corrected chi connectivity index (χ2v) is 3.67. The molecule has 0 amide bonds. The third-order valence-electron chi connectivity index (χ3n) is 2.71. The van der Waals surface area contributed by atoms with Gasteiger partial charge in [-0.15, -0.1) is 0 Å². The first-order valence-corrected chi connectivity index (χ1v) is 5.25. The summed E-state index contributed by atoms with van der Waals surface area (Å²) >= 11 is 0. The monoisotopic (exact) mass is 217 g/mol. The van der Waals surface area contributed by atoms with E-state index in [0.717, 1.165) is 22.1 Å². The number of aromatic hydroxyl groups is 1. The van der Waals surface area contributed by atoms with Crippen LogP contribution in [-0.4, -0.2) is 18.8 Å².